The summed E-state index contributed by atoms with van der Waals surface area (Å²) in [5, 5.41) is 7.92. The highest BCUT2D eigenvalue weighted by atomic mass is 35.5. The molecule has 0 amide bonds. The first kappa shape index (κ1) is 10.5. The van der Waals surface area contributed by atoms with Crippen molar-refractivity contribution >= 4 is 17.9 Å². The van der Waals surface area contributed by atoms with Gasteiger partial charge in [-0.3, -0.25) is 4.79 Å². The molecule has 3 nitrogen and oxygen atoms in total. The maximum absolute atomic E-state index is 12.3. The summed E-state index contributed by atoms with van der Waals surface area (Å²) in [5.74, 6) is 0. The number of alkyl halides is 2. The average Bonchev–Trinajstić information content (AvgIpc) is 2.15. The van der Waals surface area contributed by atoms with Gasteiger partial charge in [-0.2, -0.15) is 5.26 Å². The van der Waals surface area contributed by atoms with Crippen molar-refractivity contribution in [1.29, 1.82) is 5.26 Å². The minimum atomic E-state index is -2.89. The fourth-order valence-corrected chi connectivity index (χ4v) is 1.20. The second kappa shape index (κ2) is 4.11. The van der Waals surface area contributed by atoms with E-state index >= 15 is 0 Å². The summed E-state index contributed by atoms with van der Waals surface area (Å²) in [6, 6.07) is 2.58. The van der Waals surface area contributed by atoms with Gasteiger partial charge in [-0.15, -0.1) is 0 Å². The molecule has 72 valence electrons. The van der Waals surface area contributed by atoms with E-state index < -0.39 is 17.1 Å². The van der Waals surface area contributed by atoms with E-state index in [1.807, 2.05) is 0 Å². The average molecular weight is 217 g/mol. The minimum absolute atomic E-state index is 0.165. The number of pyridine rings is 1. The molecule has 0 unspecified atom stereocenters. The monoisotopic (exact) mass is 216 g/mol. The van der Waals surface area contributed by atoms with E-state index in [9.17, 15) is 13.6 Å². The first-order valence-corrected chi connectivity index (χ1v) is 3.81. The highest BCUT2D eigenvalue weighted by Gasteiger charge is 2.19. The lowest BCUT2D eigenvalue weighted by atomic mass is 10.1. The Balaban J connectivity index is 3.44. The Morgan fingerprint density at radius 1 is 1.64 bits per heavy atom. The van der Waals surface area contributed by atoms with Crippen LogP contribution in [0.3, 0.4) is 0 Å². The number of nitriles is 1. The quantitative estimate of drug-likeness (QED) is 0.563. The lowest BCUT2D eigenvalue weighted by molar-refractivity contribution is 0.110. The molecule has 1 heterocycles. The minimum Gasteiger partial charge on any atom is -0.298 e. The Morgan fingerprint density at radius 3 is 2.71 bits per heavy atom. The topological polar surface area (TPSA) is 53.8 Å². The summed E-state index contributed by atoms with van der Waals surface area (Å²) >= 11 is 5.39. The third kappa shape index (κ3) is 1.86. The van der Waals surface area contributed by atoms with Crippen LogP contribution in [-0.2, 0) is 0 Å². The SMILES string of the molecule is N#Cc1cc(C=O)c(C(F)F)c(Cl)n1. The predicted octanol–water partition coefficient (Wildman–Crippen LogP) is 2.36. The number of hydrogen-bond acceptors (Lipinski definition) is 3. The molecule has 0 spiro atoms. The summed E-state index contributed by atoms with van der Waals surface area (Å²) < 4.78 is 24.7. The largest absolute Gasteiger partial charge is 0.298 e. The van der Waals surface area contributed by atoms with Crippen molar-refractivity contribution in [2.75, 3.05) is 0 Å². The number of nitrogens with zero attached hydrogens (tertiary/aromatic N) is 2. The summed E-state index contributed by atoms with van der Waals surface area (Å²) in [7, 11) is 0. The van der Waals surface area contributed by atoms with Crippen molar-refractivity contribution in [1.82, 2.24) is 4.98 Å². The lowest BCUT2D eigenvalue weighted by Crippen LogP contribution is -1.99. The van der Waals surface area contributed by atoms with Crippen LogP contribution < -0.4 is 0 Å². The van der Waals surface area contributed by atoms with Gasteiger partial charge >= 0.3 is 0 Å². The van der Waals surface area contributed by atoms with Crippen LogP contribution in [0.5, 0.6) is 0 Å². The van der Waals surface area contributed by atoms with Crippen molar-refractivity contribution in [2.45, 2.75) is 6.43 Å². The second-order valence-corrected chi connectivity index (χ2v) is 2.69. The molecule has 1 aromatic rings. The first-order chi connectivity index (χ1) is 6.60. The van der Waals surface area contributed by atoms with E-state index in [0.29, 0.717) is 0 Å². The molecule has 1 aromatic heterocycles. The van der Waals surface area contributed by atoms with Gasteiger partial charge in [0.2, 0.25) is 0 Å². The van der Waals surface area contributed by atoms with E-state index in [0.717, 1.165) is 6.07 Å². The standard InChI is InChI=1S/C8H3ClF2N2O/c9-7-6(8(10)11)4(3-14)1-5(2-12)13-7/h1,3,8H. The molecule has 0 saturated carbocycles. The van der Waals surface area contributed by atoms with E-state index in [1.54, 1.807) is 6.07 Å². The molecule has 0 aromatic carbocycles. The molecule has 0 saturated heterocycles. The number of carbonyl (C=O) groups excluding carboxylic acids is 1. The van der Waals surface area contributed by atoms with Crippen molar-refractivity contribution in [3.63, 3.8) is 0 Å². The van der Waals surface area contributed by atoms with Gasteiger partial charge in [0, 0.05) is 5.56 Å². The maximum Gasteiger partial charge on any atom is 0.267 e. The third-order valence-electron chi connectivity index (χ3n) is 1.50. The van der Waals surface area contributed by atoms with E-state index in [2.05, 4.69) is 4.98 Å². The number of aldehydes is 1. The van der Waals surface area contributed by atoms with Gasteiger partial charge in [-0.05, 0) is 6.07 Å². The molecule has 1 rings (SSSR count). The Bertz CT molecular complexity index is 415. The van der Waals surface area contributed by atoms with Gasteiger partial charge in [-0.25, -0.2) is 13.8 Å². The van der Waals surface area contributed by atoms with Gasteiger partial charge in [-0.1, -0.05) is 11.6 Å². The third-order valence-corrected chi connectivity index (χ3v) is 1.79. The maximum atomic E-state index is 12.3. The number of hydrogen-bond donors (Lipinski definition) is 0. The molecule has 0 atom stereocenters. The van der Waals surface area contributed by atoms with Crippen LogP contribution in [0.2, 0.25) is 5.15 Å². The van der Waals surface area contributed by atoms with Crippen LogP contribution in [0.25, 0.3) is 0 Å². The fraction of sp³-hybridized carbons (Fsp3) is 0.125. The molecular formula is C8H3ClF2N2O. The van der Waals surface area contributed by atoms with Crippen LogP contribution in [0.1, 0.15) is 28.0 Å². The van der Waals surface area contributed by atoms with Crippen LogP contribution in [-0.4, -0.2) is 11.3 Å². The highest BCUT2D eigenvalue weighted by molar-refractivity contribution is 6.30. The van der Waals surface area contributed by atoms with E-state index in [1.165, 1.54) is 0 Å². The number of carbonyl (C=O) groups is 1. The molecular weight excluding hydrogens is 214 g/mol. The molecule has 0 N–H and O–H groups in total. The molecule has 0 aliphatic rings. The first-order valence-electron chi connectivity index (χ1n) is 3.44. The predicted molar refractivity (Wildman–Crippen MR) is 44.3 cm³/mol. The molecule has 0 aliphatic carbocycles. The zero-order valence-corrected chi connectivity index (χ0v) is 7.42. The molecule has 6 heteroatoms. The molecule has 14 heavy (non-hydrogen) atoms. The summed E-state index contributed by atoms with van der Waals surface area (Å²) in [6.07, 6.45) is -2.67. The van der Waals surface area contributed by atoms with Gasteiger partial charge < -0.3 is 0 Å². The summed E-state index contributed by atoms with van der Waals surface area (Å²) in [5.41, 5.74) is -1.11. The number of rotatable bonds is 2. The molecule has 0 fully saturated rings. The van der Waals surface area contributed by atoms with Gasteiger partial charge in [0.25, 0.3) is 6.43 Å². The van der Waals surface area contributed by atoms with Crippen molar-refractivity contribution in [3.8, 4) is 6.07 Å². The fourth-order valence-electron chi connectivity index (χ4n) is 0.913. The molecule has 0 aliphatic heterocycles. The number of halogens is 3. The summed E-state index contributed by atoms with van der Waals surface area (Å²) in [4.78, 5) is 13.8. The van der Waals surface area contributed by atoms with Crippen LogP contribution >= 0.6 is 11.6 Å². The number of aromatic nitrogens is 1. The smallest absolute Gasteiger partial charge is 0.267 e. The van der Waals surface area contributed by atoms with E-state index in [-0.39, 0.29) is 17.5 Å². The lowest BCUT2D eigenvalue weighted by Gasteiger charge is -2.05. The van der Waals surface area contributed by atoms with E-state index in [4.69, 9.17) is 16.9 Å². The normalized spacial score (nSPS) is 9.93. The molecule has 0 radical (unpaired) electrons. The van der Waals surface area contributed by atoms with Gasteiger partial charge in [0.05, 0.1) is 5.56 Å². The molecule has 0 bridgehead atoms. The second-order valence-electron chi connectivity index (χ2n) is 2.33. The zero-order chi connectivity index (χ0) is 10.7. The Kier molecular flexibility index (Phi) is 3.10. The van der Waals surface area contributed by atoms with Gasteiger partial charge in [0.1, 0.15) is 16.9 Å². The Hall–Kier alpha value is -1.54. The zero-order valence-electron chi connectivity index (χ0n) is 6.67. The Labute approximate surface area is 82.9 Å². The van der Waals surface area contributed by atoms with Crippen LogP contribution in [0.15, 0.2) is 6.07 Å². The van der Waals surface area contributed by atoms with Crippen LogP contribution in [0, 0.1) is 11.3 Å². The van der Waals surface area contributed by atoms with Crippen molar-refractivity contribution in [3.05, 3.63) is 28.0 Å². The highest BCUT2D eigenvalue weighted by Crippen LogP contribution is 2.28. The Morgan fingerprint density at radius 2 is 2.29 bits per heavy atom. The summed E-state index contributed by atoms with van der Waals surface area (Å²) in [6.45, 7) is 0. The van der Waals surface area contributed by atoms with Gasteiger partial charge in [0.15, 0.2) is 6.29 Å². The van der Waals surface area contributed by atoms with Crippen molar-refractivity contribution < 1.29 is 13.6 Å². The van der Waals surface area contributed by atoms with Crippen molar-refractivity contribution in [2.24, 2.45) is 0 Å². The van der Waals surface area contributed by atoms with Crippen LogP contribution in [0.4, 0.5) is 8.78 Å².